The largest absolute Gasteiger partial charge is 0.347 e. The highest BCUT2D eigenvalue weighted by atomic mass is 35.5. The molecule has 130 valence electrons. The van der Waals surface area contributed by atoms with Gasteiger partial charge in [0, 0.05) is 45.1 Å². The summed E-state index contributed by atoms with van der Waals surface area (Å²) >= 11 is 0. The molecule has 3 saturated heterocycles. The molecular formula is C13H26ClN3O4S. The van der Waals surface area contributed by atoms with Crippen LogP contribution in [0.15, 0.2) is 0 Å². The van der Waals surface area contributed by atoms with Gasteiger partial charge in [-0.3, -0.25) is 0 Å². The molecule has 0 saturated carbocycles. The quantitative estimate of drug-likeness (QED) is 0.781. The maximum Gasteiger partial charge on any atom is 0.282 e. The lowest BCUT2D eigenvalue weighted by Gasteiger charge is -2.40. The van der Waals surface area contributed by atoms with Gasteiger partial charge in [-0.15, -0.1) is 12.4 Å². The summed E-state index contributed by atoms with van der Waals surface area (Å²) in [5.74, 6) is -0.526. The third kappa shape index (κ3) is 3.58. The van der Waals surface area contributed by atoms with Gasteiger partial charge in [0.1, 0.15) is 0 Å². The highest BCUT2D eigenvalue weighted by molar-refractivity contribution is 7.86. The molecule has 3 fully saturated rings. The van der Waals surface area contributed by atoms with E-state index in [1.54, 1.807) is 8.61 Å². The molecule has 0 aromatic rings. The Balaban J connectivity index is 0.00000176. The summed E-state index contributed by atoms with van der Waals surface area (Å²) in [4.78, 5) is 0. The molecule has 0 aliphatic carbocycles. The Kier molecular flexibility index (Phi) is 6.09. The van der Waals surface area contributed by atoms with Crippen LogP contribution in [-0.4, -0.2) is 75.3 Å². The molecule has 1 atom stereocenters. The summed E-state index contributed by atoms with van der Waals surface area (Å²) in [6.45, 7) is 3.36. The number of rotatable bonds is 3. The van der Waals surface area contributed by atoms with Gasteiger partial charge in [-0.05, 0) is 19.9 Å². The van der Waals surface area contributed by atoms with Crippen LogP contribution in [0.5, 0.6) is 0 Å². The fourth-order valence-corrected chi connectivity index (χ4v) is 5.09. The number of nitrogens with zero attached hydrogens (tertiary/aromatic N) is 2. The van der Waals surface area contributed by atoms with Gasteiger partial charge in [-0.2, -0.15) is 17.0 Å². The first-order chi connectivity index (χ1) is 10.1. The van der Waals surface area contributed by atoms with Crippen LogP contribution in [0.3, 0.4) is 0 Å². The molecule has 1 spiro atoms. The predicted octanol–water partition coefficient (Wildman–Crippen LogP) is 0.176. The van der Waals surface area contributed by atoms with E-state index in [1.807, 2.05) is 7.05 Å². The SMILES string of the molecule is CNC1CCCN(S(=O)(=O)N2CCC3(CC2)OCCO3)C1.Cl. The Labute approximate surface area is 138 Å². The van der Waals surface area contributed by atoms with Gasteiger partial charge >= 0.3 is 0 Å². The Morgan fingerprint density at radius 1 is 1.09 bits per heavy atom. The van der Waals surface area contributed by atoms with Crippen LogP contribution in [-0.2, 0) is 19.7 Å². The molecule has 3 aliphatic rings. The number of halogens is 1. The molecule has 1 unspecified atom stereocenters. The average Bonchev–Trinajstić information content (AvgIpc) is 2.96. The monoisotopic (exact) mass is 355 g/mol. The van der Waals surface area contributed by atoms with E-state index in [4.69, 9.17) is 9.47 Å². The second-order valence-electron chi connectivity index (χ2n) is 6.00. The zero-order valence-corrected chi connectivity index (χ0v) is 14.6. The number of hydrogen-bond donors (Lipinski definition) is 1. The average molecular weight is 356 g/mol. The molecule has 0 aromatic heterocycles. The van der Waals surface area contributed by atoms with E-state index in [-0.39, 0.29) is 18.4 Å². The van der Waals surface area contributed by atoms with E-state index in [9.17, 15) is 8.42 Å². The van der Waals surface area contributed by atoms with Gasteiger partial charge in [-0.1, -0.05) is 0 Å². The zero-order valence-electron chi connectivity index (χ0n) is 13.0. The van der Waals surface area contributed by atoms with Crippen LogP contribution in [0, 0.1) is 0 Å². The van der Waals surface area contributed by atoms with E-state index in [1.165, 1.54) is 0 Å². The van der Waals surface area contributed by atoms with E-state index < -0.39 is 16.0 Å². The highest BCUT2D eigenvalue weighted by Gasteiger charge is 2.44. The van der Waals surface area contributed by atoms with Crippen molar-refractivity contribution >= 4 is 22.6 Å². The second kappa shape index (κ2) is 7.29. The van der Waals surface area contributed by atoms with Crippen LogP contribution >= 0.6 is 12.4 Å². The lowest BCUT2D eigenvalue weighted by atomic mass is 10.1. The minimum Gasteiger partial charge on any atom is -0.347 e. The van der Waals surface area contributed by atoms with Crippen molar-refractivity contribution < 1.29 is 17.9 Å². The molecule has 3 heterocycles. The topological polar surface area (TPSA) is 71.1 Å². The summed E-state index contributed by atoms with van der Waals surface area (Å²) in [5.41, 5.74) is 0. The standard InChI is InChI=1S/C13H25N3O4S.ClH/c1-14-12-3-2-6-16(11-12)21(17,18)15-7-4-13(5-8-15)19-9-10-20-13;/h12,14H,2-11H2,1H3;1H. The molecule has 3 aliphatic heterocycles. The molecule has 0 amide bonds. The maximum absolute atomic E-state index is 12.7. The van der Waals surface area contributed by atoms with Gasteiger partial charge in [-0.25, -0.2) is 0 Å². The Morgan fingerprint density at radius 3 is 2.32 bits per heavy atom. The maximum atomic E-state index is 12.7. The predicted molar refractivity (Wildman–Crippen MR) is 85.3 cm³/mol. The van der Waals surface area contributed by atoms with Gasteiger partial charge < -0.3 is 14.8 Å². The molecule has 7 nitrogen and oxygen atoms in total. The molecule has 0 radical (unpaired) electrons. The summed E-state index contributed by atoms with van der Waals surface area (Å²) in [5, 5.41) is 3.18. The minimum atomic E-state index is -3.36. The van der Waals surface area contributed by atoms with Crippen LogP contribution < -0.4 is 5.32 Å². The molecule has 3 rings (SSSR count). The Bertz CT molecular complexity index is 460. The number of likely N-dealkylation sites (N-methyl/N-ethyl adjacent to an activating group) is 1. The van der Waals surface area contributed by atoms with E-state index in [0.717, 1.165) is 12.8 Å². The molecule has 1 N–H and O–H groups in total. The molecular weight excluding hydrogens is 330 g/mol. The molecule has 9 heteroatoms. The zero-order chi connectivity index (χ0) is 14.9. The van der Waals surface area contributed by atoms with Crippen LogP contribution in [0.1, 0.15) is 25.7 Å². The molecule has 22 heavy (non-hydrogen) atoms. The second-order valence-corrected chi connectivity index (χ2v) is 7.93. The first kappa shape index (κ1) is 18.4. The number of ether oxygens (including phenoxy) is 2. The number of hydrogen-bond acceptors (Lipinski definition) is 5. The van der Waals surface area contributed by atoms with Crippen molar-refractivity contribution in [2.45, 2.75) is 37.5 Å². The Hall–Kier alpha value is 0.0400. The van der Waals surface area contributed by atoms with E-state index in [2.05, 4.69) is 5.32 Å². The van der Waals surface area contributed by atoms with Crippen LogP contribution in [0.2, 0.25) is 0 Å². The first-order valence-electron chi connectivity index (χ1n) is 7.76. The van der Waals surface area contributed by atoms with E-state index in [0.29, 0.717) is 52.2 Å². The van der Waals surface area contributed by atoms with Gasteiger partial charge in [0.05, 0.1) is 13.2 Å². The van der Waals surface area contributed by atoms with Gasteiger partial charge in [0.15, 0.2) is 5.79 Å². The van der Waals surface area contributed by atoms with Crippen molar-refractivity contribution in [1.29, 1.82) is 0 Å². The van der Waals surface area contributed by atoms with Crippen molar-refractivity contribution in [3.8, 4) is 0 Å². The van der Waals surface area contributed by atoms with Crippen molar-refractivity contribution in [2.24, 2.45) is 0 Å². The van der Waals surface area contributed by atoms with Crippen LogP contribution in [0.25, 0.3) is 0 Å². The summed E-state index contributed by atoms with van der Waals surface area (Å²) < 4.78 is 40.0. The van der Waals surface area contributed by atoms with Crippen molar-refractivity contribution in [3.05, 3.63) is 0 Å². The lowest BCUT2D eigenvalue weighted by molar-refractivity contribution is -0.179. The van der Waals surface area contributed by atoms with Crippen molar-refractivity contribution in [2.75, 3.05) is 46.4 Å². The normalized spacial score (nSPS) is 30.3. The third-order valence-electron chi connectivity index (χ3n) is 4.74. The fraction of sp³-hybridized carbons (Fsp3) is 1.00. The third-order valence-corrected chi connectivity index (χ3v) is 6.74. The summed E-state index contributed by atoms with van der Waals surface area (Å²) in [7, 11) is -1.47. The first-order valence-corrected chi connectivity index (χ1v) is 9.16. The van der Waals surface area contributed by atoms with Gasteiger partial charge in [0.2, 0.25) is 0 Å². The highest BCUT2D eigenvalue weighted by Crippen LogP contribution is 2.33. The number of piperidine rings is 2. The van der Waals surface area contributed by atoms with Crippen LogP contribution in [0.4, 0.5) is 0 Å². The number of nitrogens with one attached hydrogen (secondary N) is 1. The lowest BCUT2D eigenvalue weighted by Crippen LogP contribution is -2.55. The minimum absolute atomic E-state index is 0. The molecule has 0 aromatic carbocycles. The summed E-state index contributed by atoms with van der Waals surface area (Å²) in [6.07, 6.45) is 3.19. The van der Waals surface area contributed by atoms with Crippen molar-refractivity contribution in [3.63, 3.8) is 0 Å². The summed E-state index contributed by atoms with van der Waals surface area (Å²) in [6, 6.07) is 0.256. The van der Waals surface area contributed by atoms with Gasteiger partial charge in [0.25, 0.3) is 10.2 Å². The Morgan fingerprint density at radius 2 is 1.73 bits per heavy atom. The van der Waals surface area contributed by atoms with E-state index >= 15 is 0 Å². The van der Waals surface area contributed by atoms with Crippen molar-refractivity contribution in [1.82, 2.24) is 13.9 Å². The molecule has 0 bridgehead atoms. The fourth-order valence-electron chi connectivity index (χ4n) is 3.39. The smallest absolute Gasteiger partial charge is 0.282 e.